The summed E-state index contributed by atoms with van der Waals surface area (Å²) in [5.74, 6) is -0.687. The molecule has 0 unspecified atom stereocenters. The molecule has 0 bridgehead atoms. The van der Waals surface area contributed by atoms with E-state index in [0.29, 0.717) is 0 Å². The van der Waals surface area contributed by atoms with Crippen molar-refractivity contribution in [2.24, 2.45) is 0 Å². The third-order valence-corrected chi connectivity index (χ3v) is 6.96. The molecule has 5 nitrogen and oxygen atoms in total. The molecule has 2 rings (SSSR count). The van der Waals surface area contributed by atoms with E-state index in [4.69, 9.17) is 11.6 Å². The van der Waals surface area contributed by atoms with Gasteiger partial charge in [-0.25, -0.2) is 8.42 Å². The first-order valence-electron chi connectivity index (χ1n) is 9.13. The smallest absolute Gasteiger partial charge is 0.337 e. The first-order chi connectivity index (χ1) is 13.9. The number of hydrogen-bond acceptors (Lipinski definition) is 3. The Bertz CT molecular complexity index is 1020. The lowest BCUT2D eigenvalue weighted by molar-refractivity contribution is -0.138. The predicted molar refractivity (Wildman–Crippen MR) is 109 cm³/mol. The Labute approximate surface area is 179 Å². The van der Waals surface area contributed by atoms with Gasteiger partial charge >= 0.3 is 6.18 Å². The molecule has 1 amide bonds. The molecule has 0 aliphatic carbocycles. The van der Waals surface area contributed by atoms with Crippen molar-refractivity contribution in [2.45, 2.75) is 31.5 Å². The van der Waals surface area contributed by atoms with Gasteiger partial charge in [-0.2, -0.15) is 17.5 Å². The molecule has 0 atom stereocenters. The van der Waals surface area contributed by atoms with Crippen LogP contribution in [0.1, 0.15) is 35.3 Å². The summed E-state index contributed by atoms with van der Waals surface area (Å²) < 4.78 is 66.3. The predicted octanol–water partition coefficient (Wildman–Crippen LogP) is 4.66. The van der Waals surface area contributed by atoms with Crippen LogP contribution in [-0.4, -0.2) is 43.7 Å². The number of sulfonamides is 1. The molecule has 10 heteroatoms. The standard InChI is InChI=1S/C20H22ClF3N2O3S/c1-4-26(5-2)30(28,29)15-10-11-18(21)16(12-15)19(27)25(3)13-14-8-6-7-9-17(14)20(22,23)24/h6-12H,4-5,13H2,1-3H3. The lowest BCUT2D eigenvalue weighted by Gasteiger charge is -2.22. The zero-order valence-corrected chi connectivity index (χ0v) is 18.3. The SMILES string of the molecule is CCN(CC)S(=O)(=O)c1ccc(Cl)c(C(=O)N(C)Cc2ccccc2C(F)(F)F)c1. The molecule has 0 saturated heterocycles. The number of carbonyl (C=O) groups excluding carboxylic acids is 1. The highest BCUT2D eigenvalue weighted by atomic mass is 35.5. The van der Waals surface area contributed by atoms with E-state index >= 15 is 0 Å². The lowest BCUT2D eigenvalue weighted by atomic mass is 10.1. The van der Waals surface area contributed by atoms with E-state index in [1.807, 2.05) is 0 Å². The molecule has 30 heavy (non-hydrogen) atoms. The Balaban J connectivity index is 2.38. The maximum absolute atomic E-state index is 13.2. The molecule has 0 saturated carbocycles. The Morgan fingerprint density at radius 1 is 1.07 bits per heavy atom. The first-order valence-corrected chi connectivity index (χ1v) is 11.0. The van der Waals surface area contributed by atoms with E-state index in [9.17, 15) is 26.4 Å². The monoisotopic (exact) mass is 462 g/mol. The molecule has 0 N–H and O–H groups in total. The minimum Gasteiger partial charge on any atom is -0.337 e. The molecule has 0 heterocycles. The third-order valence-electron chi connectivity index (χ3n) is 4.59. The van der Waals surface area contributed by atoms with E-state index in [0.717, 1.165) is 17.0 Å². The second-order valence-corrected chi connectivity index (χ2v) is 8.89. The van der Waals surface area contributed by atoms with Crippen LogP contribution in [0, 0.1) is 0 Å². The van der Waals surface area contributed by atoms with Gasteiger partial charge in [0, 0.05) is 26.7 Å². The number of rotatable bonds is 7. The average molecular weight is 463 g/mol. The highest BCUT2D eigenvalue weighted by molar-refractivity contribution is 7.89. The van der Waals surface area contributed by atoms with Crippen molar-refractivity contribution in [3.63, 3.8) is 0 Å². The summed E-state index contributed by atoms with van der Waals surface area (Å²) in [4.78, 5) is 13.8. The molecule has 0 aliphatic heterocycles. The maximum Gasteiger partial charge on any atom is 0.416 e. The van der Waals surface area contributed by atoms with Crippen molar-refractivity contribution in [2.75, 3.05) is 20.1 Å². The minimum absolute atomic E-state index is 0.00875. The summed E-state index contributed by atoms with van der Waals surface area (Å²) in [6, 6.07) is 8.70. The van der Waals surface area contributed by atoms with Gasteiger partial charge in [0.05, 0.1) is 21.0 Å². The topological polar surface area (TPSA) is 57.7 Å². The molecule has 164 valence electrons. The second-order valence-electron chi connectivity index (χ2n) is 6.55. The van der Waals surface area contributed by atoms with Gasteiger partial charge in [-0.1, -0.05) is 43.6 Å². The molecule has 2 aromatic rings. The van der Waals surface area contributed by atoms with Crippen molar-refractivity contribution in [3.05, 3.63) is 64.2 Å². The van der Waals surface area contributed by atoms with Crippen molar-refractivity contribution < 1.29 is 26.4 Å². The molecular formula is C20H22ClF3N2O3S. The quantitative estimate of drug-likeness (QED) is 0.601. The van der Waals surface area contributed by atoms with Crippen LogP contribution >= 0.6 is 11.6 Å². The van der Waals surface area contributed by atoms with Crippen molar-refractivity contribution >= 4 is 27.5 Å². The Morgan fingerprint density at radius 3 is 2.23 bits per heavy atom. The van der Waals surface area contributed by atoms with Crippen LogP contribution in [0.25, 0.3) is 0 Å². The zero-order chi connectivity index (χ0) is 22.7. The second kappa shape index (κ2) is 9.36. The summed E-state index contributed by atoms with van der Waals surface area (Å²) in [6.45, 7) is 3.55. The number of benzene rings is 2. The Morgan fingerprint density at radius 2 is 1.67 bits per heavy atom. The van der Waals surface area contributed by atoms with Crippen LogP contribution in [0.3, 0.4) is 0 Å². The molecule has 0 radical (unpaired) electrons. The number of halogens is 4. The summed E-state index contributed by atoms with van der Waals surface area (Å²) in [6.07, 6.45) is -4.56. The van der Waals surface area contributed by atoms with Crippen LogP contribution in [0.15, 0.2) is 47.4 Å². The molecule has 0 aliphatic rings. The molecule has 0 aromatic heterocycles. The number of nitrogens with zero attached hydrogens (tertiary/aromatic N) is 2. The number of carbonyl (C=O) groups is 1. The zero-order valence-electron chi connectivity index (χ0n) is 16.7. The largest absolute Gasteiger partial charge is 0.416 e. The third kappa shape index (κ3) is 5.14. The number of amides is 1. The normalized spacial score (nSPS) is 12.3. The van der Waals surface area contributed by atoms with E-state index in [1.165, 1.54) is 41.7 Å². The lowest BCUT2D eigenvalue weighted by Crippen LogP contribution is -2.31. The van der Waals surface area contributed by atoms with E-state index < -0.39 is 27.7 Å². The minimum atomic E-state index is -4.56. The number of hydrogen-bond donors (Lipinski definition) is 0. The fraction of sp³-hybridized carbons (Fsp3) is 0.350. The van der Waals surface area contributed by atoms with Gasteiger partial charge in [-0.15, -0.1) is 0 Å². The summed E-state index contributed by atoms with van der Waals surface area (Å²) in [5, 5.41) is 0.00875. The Hall–Kier alpha value is -2.10. The summed E-state index contributed by atoms with van der Waals surface area (Å²) >= 11 is 6.10. The van der Waals surface area contributed by atoms with Gasteiger partial charge in [0.15, 0.2) is 0 Å². The van der Waals surface area contributed by atoms with Gasteiger partial charge in [-0.3, -0.25) is 4.79 Å². The van der Waals surface area contributed by atoms with Gasteiger partial charge < -0.3 is 4.90 Å². The number of alkyl halides is 3. The van der Waals surface area contributed by atoms with Crippen LogP contribution < -0.4 is 0 Å². The maximum atomic E-state index is 13.2. The van der Waals surface area contributed by atoms with Crippen LogP contribution in [0.5, 0.6) is 0 Å². The average Bonchev–Trinajstić information content (AvgIpc) is 2.68. The summed E-state index contributed by atoms with van der Waals surface area (Å²) in [5.41, 5.74) is -1.02. The first kappa shape index (κ1) is 24.2. The molecule has 0 fully saturated rings. The van der Waals surface area contributed by atoms with Gasteiger partial charge in [0.1, 0.15) is 0 Å². The van der Waals surface area contributed by atoms with Gasteiger partial charge in [0.2, 0.25) is 10.0 Å². The molecule has 0 spiro atoms. The van der Waals surface area contributed by atoms with Crippen LogP contribution in [0.2, 0.25) is 5.02 Å². The van der Waals surface area contributed by atoms with Crippen molar-refractivity contribution in [3.8, 4) is 0 Å². The fourth-order valence-corrected chi connectivity index (χ4v) is 4.69. The summed E-state index contributed by atoms with van der Waals surface area (Å²) in [7, 11) is -2.50. The van der Waals surface area contributed by atoms with Crippen molar-refractivity contribution in [1.29, 1.82) is 0 Å². The van der Waals surface area contributed by atoms with E-state index in [2.05, 4.69) is 0 Å². The van der Waals surface area contributed by atoms with E-state index in [1.54, 1.807) is 13.8 Å². The van der Waals surface area contributed by atoms with Gasteiger partial charge in [0.25, 0.3) is 5.91 Å². The van der Waals surface area contributed by atoms with Crippen molar-refractivity contribution in [1.82, 2.24) is 9.21 Å². The molecular weight excluding hydrogens is 441 g/mol. The van der Waals surface area contributed by atoms with E-state index in [-0.39, 0.29) is 40.7 Å². The van der Waals surface area contributed by atoms with Crippen LogP contribution in [0.4, 0.5) is 13.2 Å². The van der Waals surface area contributed by atoms with Gasteiger partial charge in [-0.05, 0) is 29.8 Å². The molecule has 2 aromatic carbocycles. The highest BCUT2D eigenvalue weighted by Crippen LogP contribution is 2.32. The highest BCUT2D eigenvalue weighted by Gasteiger charge is 2.33. The Kier molecular flexibility index (Phi) is 7.54. The van der Waals surface area contributed by atoms with Crippen LogP contribution in [-0.2, 0) is 22.7 Å². The fourth-order valence-electron chi connectivity index (χ4n) is 3.01.